The van der Waals surface area contributed by atoms with E-state index in [1.807, 2.05) is 6.92 Å². The second-order valence-corrected chi connectivity index (χ2v) is 5.80. The second kappa shape index (κ2) is 6.74. The highest BCUT2D eigenvalue weighted by Gasteiger charge is 2.37. The van der Waals surface area contributed by atoms with Crippen LogP contribution in [0.1, 0.15) is 57.1 Å². The molecule has 6 heteroatoms. The van der Waals surface area contributed by atoms with Crippen LogP contribution < -0.4 is 5.32 Å². The lowest BCUT2D eigenvalue weighted by atomic mass is 9.79. The van der Waals surface area contributed by atoms with Crippen molar-refractivity contribution < 1.29 is 19.1 Å². The van der Waals surface area contributed by atoms with E-state index in [0.29, 0.717) is 5.89 Å². The van der Waals surface area contributed by atoms with Gasteiger partial charge in [-0.1, -0.05) is 19.8 Å². The lowest BCUT2D eigenvalue weighted by Crippen LogP contribution is -2.31. The van der Waals surface area contributed by atoms with Gasteiger partial charge >= 0.3 is 5.97 Å². The number of carboxylic acids is 1. The summed E-state index contributed by atoms with van der Waals surface area (Å²) in [5.74, 6) is 0.315. The van der Waals surface area contributed by atoms with E-state index < -0.39 is 5.97 Å². The summed E-state index contributed by atoms with van der Waals surface area (Å²) >= 11 is 0. The molecular formula is C15H22N2O4. The summed E-state index contributed by atoms with van der Waals surface area (Å²) in [6.45, 7) is 2.22. The largest absolute Gasteiger partial charge is 0.481 e. The van der Waals surface area contributed by atoms with Gasteiger partial charge in [0, 0.05) is 12.8 Å². The number of hydrogen-bond acceptors (Lipinski definition) is 4. The molecular weight excluding hydrogens is 272 g/mol. The van der Waals surface area contributed by atoms with Crippen LogP contribution in [0.4, 0.5) is 0 Å². The van der Waals surface area contributed by atoms with E-state index in [2.05, 4.69) is 10.3 Å². The van der Waals surface area contributed by atoms with Gasteiger partial charge in [-0.3, -0.25) is 9.59 Å². The van der Waals surface area contributed by atoms with Crippen LogP contribution in [-0.2, 0) is 22.6 Å². The van der Waals surface area contributed by atoms with E-state index in [-0.39, 0.29) is 30.7 Å². The average Bonchev–Trinajstić information content (AvgIpc) is 3.05. The number of carbonyl (C=O) groups is 2. The maximum absolute atomic E-state index is 12.1. The molecule has 1 aromatic heterocycles. The van der Waals surface area contributed by atoms with Crippen LogP contribution >= 0.6 is 0 Å². The molecule has 0 aromatic carbocycles. The molecule has 0 unspecified atom stereocenters. The van der Waals surface area contributed by atoms with Crippen molar-refractivity contribution in [3.8, 4) is 0 Å². The number of carboxylic acid groups (broad SMARTS) is 1. The fourth-order valence-electron chi connectivity index (χ4n) is 3.03. The van der Waals surface area contributed by atoms with Gasteiger partial charge in [-0.2, -0.15) is 0 Å². The van der Waals surface area contributed by atoms with Gasteiger partial charge in [-0.05, 0) is 18.3 Å². The Hall–Kier alpha value is -1.85. The molecule has 2 N–H and O–H groups in total. The summed E-state index contributed by atoms with van der Waals surface area (Å²) in [6.07, 6.45) is 6.38. The molecule has 2 rings (SSSR count). The van der Waals surface area contributed by atoms with Gasteiger partial charge in [0.15, 0.2) is 0 Å². The Morgan fingerprint density at radius 1 is 1.38 bits per heavy atom. The second-order valence-electron chi connectivity index (χ2n) is 5.80. The van der Waals surface area contributed by atoms with Crippen LogP contribution in [-0.4, -0.2) is 22.0 Å². The SMILES string of the molecule is CCc1cnc(CNC(=O)CC2(CC(=O)O)CCCC2)o1. The molecule has 0 aliphatic heterocycles. The highest BCUT2D eigenvalue weighted by Crippen LogP contribution is 2.43. The molecule has 116 valence electrons. The van der Waals surface area contributed by atoms with E-state index in [4.69, 9.17) is 9.52 Å². The number of nitrogens with one attached hydrogen (secondary N) is 1. The molecule has 1 saturated carbocycles. The quantitative estimate of drug-likeness (QED) is 0.804. The van der Waals surface area contributed by atoms with Crippen molar-refractivity contribution in [2.75, 3.05) is 0 Å². The zero-order valence-corrected chi connectivity index (χ0v) is 12.4. The zero-order valence-electron chi connectivity index (χ0n) is 12.4. The average molecular weight is 294 g/mol. The van der Waals surface area contributed by atoms with Gasteiger partial charge in [0.05, 0.1) is 19.2 Å². The minimum Gasteiger partial charge on any atom is -0.481 e. The predicted molar refractivity (Wildman–Crippen MR) is 75.5 cm³/mol. The van der Waals surface area contributed by atoms with Crippen molar-refractivity contribution in [1.29, 1.82) is 0 Å². The molecule has 0 spiro atoms. The van der Waals surface area contributed by atoms with Crippen molar-refractivity contribution in [1.82, 2.24) is 10.3 Å². The van der Waals surface area contributed by atoms with Gasteiger partial charge in [0.25, 0.3) is 0 Å². The molecule has 6 nitrogen and oxygen atoms in total. The Bertz CT molecular complexity index is 504. The summed E-state index contributed by atoms with van der Waals surface area (Å²) in [4.78, 5) is 27.1. The van der Waals surface area contributed by atoms with E-state index in [1.54, 1.807) is 6.20 Å². The smallest absolute Gasteiger partial charge is 0.303 e. The van der Waals surface area contributed by atoms with Crippen molar-refractivity contribution >= 4 is 11.9 Å². The molecule has 1 aromatic rings. The van der Waals surface area contributed by atoms with E-state index in [9.17, 15) is 9.59 Å². The highest BCUT2D eigenvalue weighted by molar-refractivity contribution is 5.78. The van der Waals surface area contributed by atoms with E-state index in [1.165, 1.54) is 0 Å². The molecule has 1 amide bonds. The van der Waals surface area contributed by atoms with Crippen molar-refractivity contribution in [3.63, 3.8) is 0 Å². The summed E-state index contributed by atoms with van der Waals surface area (Å²) in [6, 6.07) is 0. The van der Waals surface area contributed by atoms with Crippen molar-refractivity contribution in [3.05, 3.63) is 17.8 Å². The van der Waals surface area contributed by atoms with E-state index in [0.717, 1.165) is 37.9 Å². The van der Waals surface area contributed by atoms with E-state index >= 15 is 0 Å². The lowest BCUT2D eigenvalue weighted by Gasteiger charge is -2.26. The summed E-state index contributed by atoms with van der Waals surface area (Å²) in [7, 11) is 0. The molecule has 1 aliphatic rings. The standard InChI is InChI=1S/C15H22N2O4/c1-2-11-9-17-13(21-11)10-16-12(18)7-15(8-14(19)20)5-3-4-6-15/h9H,2-8,10H2,1H3,(H,16,18)(H,19,20). The lowest BCUT2D eigenvalue weighted by molar-refractivity contribution is -0.140. The topological polar surface area (TPSA) is 92.4 Å². The monoisotopic (exact) mass is 294 g/mol. The first-order valence-corrected chi connectivity index (χ1v) is 7.45. The van der Waals surface area contributed by atoms with Crippen LogP contribution in [0.5, 0.6) is 0 Å². The Morgan fingerprint density at radius 3 is 2.67 bits per heavy atom. The minimum atomic E-state index is -0.829. The predicted octanol–water partition coefficient (Wildman–Crippen LogP) is 2.28. The Kier molecular flexibility index (Phi) is 4.98. The summed E-state index contributed by atoms with van der Waals surface area (Å²) in [5.41, 5.74) is -0.374. The van der Waals surface area contributed by atoms with Crippen LogP contribution in [0.25, 0.3) is 0 Å². The zero-order chi connectivity index (χ0) is 15.3. The first-order chi connectivity index (χ1) is 10.0. The van der Waals surface area contributed by atoms with Gasteiger partial charge in [-0.25, -0.2) is 4.98 Å². The van der Waals surface area contributed by atoms with Crippen molar-refractivity contribution in [2.24, 2.45) is 5.41 Å². The Labute approximate surface area is 123 Å². The fourth-order valence-corrected chi connectivity index (χ4v) is 3.03. The minimum absolute atomic E-state index is 0.0689. The van der Waals surface area contributed by atoms with Crippen molar-refractivity contribution in [2.45, 2.75) is 58.4 Å². The van der Waals surface area contributed by atoms with Gasteiger partial charge < -0.3 is 14.8 Å². The maximum Gasteiger partial charge on any atom is 0.303 e. The Morgan fingerprint density at radius 2 is 2.10 bits per heavy atom. The number of amides is 1. The van der Waals surface area contributed by atoms with Gasteiger partial charge in [-0.15, -0.1) is 0 Å². The molecule has 21 heavy (non-hydrogen) atoms. The number of nitrogens with zero attached hydrogens (tertiary/aromatic N) is 1. The molecule has 1 fully saturated rings. The normalized spacial score (nSPS) is 16.8. The van der Waals surface area contributed by atoms with Crippen LogP contribution in [0, 0.1) is 5.41 Å². The summed E-state index contributed by atoms with van der Waals surface area (Å²) < 4.78 is 5.42. The number of aromatic nitrogens is 1. The molecule has 1 aliphatic carbocycles. The third kappa shape index (κ3) is 4.31. The first-order valence-electron chi connectivity index (χ1n) is 7.45. The van der Waals surface area contributed by atoms with Gasteiger partial charge in [0.1, 0.15) is 5.76 Å². The third-order valence-electron chi connectivity index (χ3n) is 4.11. The molecule has 0 bridgehead atoms. The number of aliphatic carboxylic acids is 1. The van der Waals surface area contributed by atoms with Crippen LogP contribution in [0.2, 0.25) is 0 Å². The number of hydrogen-bond donors (Lipinski definition) is 2. The Balaban J connectivity index is 1.86. The molecule has 0 saturated heterocycles. The number of rotatable bonds is 7. The van der Waals surface area contributed by atoms with Crippen LogP contribution in [0.3, 0.4) is 0 Å². The molecule has 0 radical (unpaired) electrons. The third-order valence-corrected chi connectivity index (χ3v) is 4.11. The summed E-state index contributed by atoms with van der Waals surface area (Å²) in [5, 5.41) is 11.8. The van der Waals surface area contributed by atoms with Gasteiger partial charge in [0.2, 0.25) is 11.8 Å². The highest BCUT2D eigenvalue weighted by atomic mass is 16.4. The number of oxazole rings is 1. The first kappa shape index (κ1) is 15.5. The number of aryl methyl sites for hydroxylation is 1. The van der Waals surface area contributed by atoms with Crippen LogP contribution in [0.15, 0.2) is 10.6 Å². The molecule has 0 atom stereocenters. The fraction of sp³-hybridized carbons (Fsp3) is 0.667. The number of carbonyl (C=O) groups excluding carboxylic acids is 1. The maximum atomic E-state index is 12.1. The molecule has 1 heterocycles.